The summed E-state index contributed by atoms with van der Waals surface area (Å²) >= 11 is 1.05. The van der Waals surface area contributed by atoms with Crippen LogP contribution in [0.5, 0.6) is 0 Å². The average molecular weight is 489 g/mol. The van der Waals surface area contributed by atoms with E-state index in [9.17, 15) is 35.9 Å². The minimum Gasteiger partial charge on any atom is -0.459 e. The van der Waals surface area contributed by atoms with E-state index in [1.165, 1.54) is 18.4 Å². The van der Waals surface area contributed by atoms with Gasteiger partial charge in [-0.3, -0.25) is 14.9 Å². The Morgan fingerprint density at radius 3 is 2.30 bits per heavy atom. The van der Waals surface area contributed by atoms with E-state index in [-0.39, 0.29) is 36.5 Å². The fourth-order valence-corrected chi connectivity index (χ4v) is 4.27. The predicted molar refractivity (Wildman–Crippen MR) is 104 cm³/mol. The Morgan fingerprint density at radius 1 is 1.06 bits per heavy atom. The van der Waals surface area contributed by atoms with Gasteiger partial charge >= 0.3 is 12.4 Å². The summed E-state index contributed by atoms with van der Waals surface area (Å²) in [4.78, 5) is 30.9. The molecular formula is C20H13F6N3O3S. The predicted octanol–water partition coefficient (Wildman–Crippen LogP) is 5.22. The summed E-state index contributed by atoms with van der Waals surface area (Å²) in [5, 5.41) is 2.78. The number of aromatic nitrogens is 1. The van der Waals surface area contributed by atoms with E-state index in [1.54, 1.807) is 0 Å². The molecule has 2 amide bonds. The number of rotatable bonds is 3. The van der Waals surface area contributed by atoms with Crippen LogP contribution in [0.1, 0.15) is 42.6 Å². The van der Waals surface area contributed by atoms with Crippen molar-refractivity contribution in [1.29, 1.82) is 0 Å². The van der Waals surface area contributed by atoms with Gasteiger partial charge in [-0.05, 0) is 30.3 Å². The van der Waals surface area contributed by atoms with Crippen molar-refractivity contribution < 1.29 is 40.3 Å². The SMILES string of the molecule is O=C(Nc1nc2c(s1)CN(C(=O)c1cc(C(F)(F)F)cc(C(F)(F)F)c1)CC2)c1ccco1. The van der Waals surface area contributed by atoms with E-state index in [4.69, 9.17) is 4.42 Å². The summed E-state index contributed by atoms with van der Waals surface area (Å²) in [5.41, 5.74) is -3.24. The van der Waals surface area contributed by atoms with Crippen LogP contribution in [0.15, 0.2) is 41.0 Å². The highest BCUT2D eigenvalue weighted by atomic mass is 32.1. The molecule has 33 heavy (non-hydrogen) atoms. The number of hydrogen-bond acceptors (Lipinski definition) is 5. The molecule has 1 aliphatic heterocycles. The van der Waals surface area contributed by atoms with Gasteiger partial charge in [-0.25, -0.2) is 4.98 Å². The number of carbonyl (C=O) groups excluding carboxylic acids is 2. The lowest BCUT2D eigenvalue weighted by molar-refractivity contribution is -0.143. The highest BCUT2D eigenvalue weighted by molar-refractivity contribution is 7.15. The molecule has 0 aliphatic carbocycles. The van der Waals surface area contributed by atoms with Crippen molar-refractivity contribution in [2.24, 2.45) is 0 Å². The van der Waals surface area contributed by atoms with E-state index in [0.717, 1.165) is 16.2 Å². The normalized spacial score (nSPS) is 14.2. The van der Waals surface area contributed by atoms with Crippen LogP contribution in [0.4, 0.5) is 31.5 Å². The zero-order valence-electron chi connectivity index (χ0n) is 16.4. The molecule has 3 aromatic rings. The number of carbonyl (C=O) groups is 2. The van der Waals surface area contributed by atoms with Crippen LogP contribution in [0, 0.1) is 0 Å². The molecule has 174 valence electrons. The van der Waals surface area contributed by atoms with Crippen LogP contribution in [0.2, 0.25) is 0 Å². The summed E-state index contributed by atoms with van der Waals surface area (Å²) in [6.07, 6.45) is -8.56. The second kappa shape index (κ2) is 8.21. The van der Waals surface area contributed by atoms with Crippen molar-refractivity contribution in [3.05, 3.63) is 69.6 Å². The average Bonchev–Trinajstić information content (AvgIpc) is 3.40. The Morgan fingerprint density at radius 2 is 1.73 bits per heavy atom. The Labute approximate surface area is 185 Å². The molecule has 4 rings (SSSR count). The maximum absolute atomic E-state index is 13.1. The first kappa shape index (κ1) is 22.8. The first-order chi connectivity index (χ1) is 15.4. The zero-order valence-corrected chi connectivity index (χ0v) is 17.2. The molecule has 1 aliphatic rings. The quantitative estimate of drug-likeness (QED) is 0.512. The van der Waals surface area contributed by atoms with E-state index in [1.807, 2.05) is 0 Å². The van der Waals surface area contributed by atoms with Gasteiger partial charge in [0, 0.05) is 23.4 Å². The minimum atomic E-state index is -5.05. The van der Waals surface area contributed by atoms with Crippen LogP contribution >= 0.6 is 11.3 Å². The van der Waals surface area contributed by atoms with Crippen LogP contribution in [-0.4, -0.2) is 28.2 Å². The van der Waals surface area contributed by atoms with Crippen LogP contribution in [0.25, 0.3) is 0 Å². The maximum atomic E-state index is 13.1. The Balaban J connectivity index is 1.56. The molecule has 13 heteroatoms. The molecule has 3 heterocycles. The molecule has 0 bridgehead atoms. The van der Waals surface area contributed by atoms with Crippen molar-refractivity contribution in [2.45, 2.75) is 25.3 Å². The lowest BCUT2D eigenvalue weighted by Gasteiger charge is -2.26. The van der Waals surface area contributed by atoms with Gasteiger partial charge in [-0.15, -0.1) is 0 Å². The van der Waals surface area contributed by atoms with Crippen molar-refractivity contribution in [3.8, 4) is 0 Å². The number of alkyl halides is 6. The van der Waals surface area contributed by atoms with Crippen LogP contribution < -0.4 is 5.32 Å². The van der Waals surface area contributed by atoms with E-state index < -0.39 is 40.9 Å². The number of hydrogen-bond donors (Lipinski definition) is 1. The number of halogens is 6. The number of nitrogens with one attached hydrogen (secondary N) is 1. The number of fused-ring (bicyclic) bond motifs is 1. The molecule has 0 spiro atoms. The molecule has 0 fully saturated rings. The number of thiazole rings is 1. The molecule has 0 atom stereocenters. The second-order valence-corrected chi connectivity index (χ2v) is 8.18. The Kier molecular flexibility index (Phi) is 5.68. The molecule has 0 saturated heterocycles. The summed E-state index contributed by atoms with van der Waals surface area (Å²) in [6, 6.07) is 3.78. The third kappa shape index (κ3) is 4.87. The summed E-state index contributed by atoms with van der Waals surface area (Å²) in [5.74, 6) is -1.44. The molecule has 0 saturated carbocycles. The van der Waals surface area contributed by atoms with Gasteiger partial charge < -0.3 is 9.32 Å². The molecule has 6 nitrogen and oxygen atoms in total. The Hall–Kier alpha value is -3.35. The van der Waals surface area contributed by atoms with Gasteiger partial charge in [0.1, 0.15) is 0 Å². The van der Waals surface area contributed by atoms with Crippen molar-refractivity contribution in [2.75, 3.05) is 11.9 Å². The van der Waals surface area contributed by atoms with Gasteiger partial charge in [0.25, 0.3) is 11.8 Å². The number of anilines is 1. The molecule has 1 N–H and O–H groups in total. The van der Waals surface area contributed by atoms with E-state index in [2.05, 4.69) is 10.3 Å². The summed E-state index contributed by atoms with van der Waals surface area (Å²) in [6.45, 7) is -0.0290. The second-order valence-electron chi connectivity index (χ2n) is 7.09. The highest BCUT2D eigenvalue weighted by Gasteiger charge is 2.38. The molecule has 1 aromatic carbocycles. The van der Waals surface area contributed by atoms with E-state index in [0.29, 0.717) is 22.7 Å². The first-order valence-corrected chi connectivity index (χ1v) is 10.2. The molecule has 0 unspecified atom stereocenters. The smallest absolute Gasteiger partial charge is 0.416 e. The monoisotopic (exact) mass is 489 g/mol. The van der Waals surface area contributed by atoms with Crippen LogP contribution in [0.3, 0.4) is 0 Å². The van der Waals surface area contributed by atoms with Gasteiger partial charge in [-0.1, -0.05) is 11.3 Å². The molecular weight excluding hydrogens is 476 g/mol. The fraction of sp³-hybridized carbons (Fsp3) is 0.250. The largest absolute Gasteiger partial charge is 0.459 e. The standard InChI is InChI=1S/C20H13F6N3O3S/c21-19(22,23)11-6-10(7-12(8-11)20(24,25)26)17(31)29-4-3-13-15(9-29)33-18(27-13)28-16(30)14-2-1-5-32-14/h1-2,5-8H,3-4,9H2,(H,27,28,30). The third-order valence-corrected chi connectivity index (χ3v) is 5.82. The topological polar surface area (TPSA) is 75.4 Å². The number of furan rings is 1. The highest BCUT2D eigenvalue weighted by Crippen LogP contribution is 2.37. The lowest BCUT2D eigenvalue weighted by atomic mass is 10.0. The van der Waals surface area contributed by atoms with Gasteiger partial charge in [0.15, 0.2) is 10.9 Å². The summed E-state index contributed by atoms with van der Waals surface area (Å²) in [7, 11) is 0. The fourth-order valence-electron chi connectivity index (χ4n) is 3.25. The van der Waals surface area contributed by atoms with Crippen molar-refractivity contribution in [1.82, 2.24) is 9.88 Å². The van der Waals surface area contributed by atoms with Crippen LogP contribution in [-0.2, 0) is 25.3 Å². The lowest BCUT2D eigenvalue weighted by Crippen LogP contribution is -2.35. The first-order valence-electron chi connectivity index (χ1n) is 9.34. The van der Waals surface area contributed by atoms with Crippen molar-refractivity contribution in [3.63, 3.8) is 0 Å². The summed E-state index contributed by atoms with van der Waals surface area (Å²) < 4.78 is 83.6. The Bertz CT molecular complexity index is 1170. The van der Waals surface area contributed by atoms with E-state index >= 15 is 0 Å². The van der Waals surface area contributed by atoms with Gasteiger partial charge in [0.05, 0.1) is 29.6 Å². The zero-order chi connectivity index (χ0) is 24.0. The maximum Gasteiger partial charge on any atom is 0.416 e. The molecule has 2 aromatic heterocycles. The molecule has 0 radical (unpaired) electrons. The van der Waals surface area contributed by atoms with Gasteiger partial charge in [0.2, 0.25) is 0 Å². The minimum absolute atomic E-state index is 0.0255. The number of amides is 2. The third-order valence-electron chi connectivity index (χ3n) is 4.82. The van der Waals surface area contributed by atoms with Gasteiger partial charge in [-0.2, -0.15) is 26.3 Å². The number of benzene rings is 1. The number of nitrogens with zero attached hydrogens (tertiary/aromatic N) is 2. The van der Waals surface area contributed by atoms with Crippen molar-refractivity contribution >= 4 is 28.3 Å².